The molecule has 0 aliphatic heterocycles. The summed E-state index contributed by atoms with van der Waals surface area (Å²) in [6.45, 7) is 2.15. The Morgan fingerprint density at radius 3 is 1.81 bits per heavy atom. The van der Waals surface area contributed by atoms with Crippen LogP contribution in [-0.2, 0) is 0 Å². The van der Waals surface area contributed by atoms with Crippen LogP contribution in [0.25, 0.3) is 0 Å². The number of benzene rings is 1. The molecule has 1 rings (SSSR count). The van der Waals surface area contributed by atoms with Crippen molar-refractivity contribution in [2.24, 2.45) is 11.5 Å². The molecule has 0 atom stereocenters. The molecule has 0 saturated heterocycles. The smallest absolute Gasteiger partial charge is 0.251 e. The van der Waals surface area contributed by atoms with Crippen molar-refractivity contribution >= 4 is 11.7 Å². The van der Waals surface area contributed by atoms with Crippen molar-refractivity contribution in [3.63, 3.8) is 0 Å². The van der Waals surface area contributed by atoms with Crippen molar-refractivity contribution < 1.29 is 9.59 Å². The van der Waals surface area contributed by atoms with Crippen molar-refractivity contribution in [1.29, 1.82) is 0 Å². The molecule has 1 aromatic carbocycles. The zero-order chi connectivity index (χ0) is 19.0. The number of nitrogens with one attached hydrogen (secondary N) is 1. The molecular formula is C21H35N3O2. The van der Waals surface area contributed by atoms with Gasteiger partial charge in [0.2, 0.25) is 0 Å². The van der Waals surface area contributed by atoms with Gasteiger partial charge in [-0.05, 0) is 50.9 Å². The number of nitrogens with two attached hydrogens (primary N) is 2. The number of ketones is 1. The van der Waals surface area contributed by atoms with E-state index in [2.05, 4.69) is 5.32 Å². The quantitative estimate of drug-likeness (QED) is 0.329. The summed E-state index contributed by atoms with van der Waals surface area (Å²) in [6, 6.07) is 6.98. The van der Waals surface area contributed by atoms with E-state index in [-0.39, 0.29) is 11.7 Å². The van der Waals surface area contributed by atoms with Gasteiger partial charge in [0.1, 0.15) is 0 Å². The SMILES string of the molecule is NCCCCCCCC(=O)c1ccc(C(=O)NCCCCCCN)cc1. The molecule has 0 aliphatic carbocycles. The Bertz CT molecular complexity index is 467. The average molecular weight is 362 g/mol. The third kappa shape index (κ3) is 9.68. The number of hydrogen-bond acceptors (Lipinski definition) is 4. The van der Waals surface area contributed by atoms with Gasteiger partial charge in [-0.25, -0.2) is 0 Å². The molecule has 0 aliphatic rings. The van der Waals surface area contributed by atoms with Crippen LogP contribution in [-0.4, -0.2) is 31.3 Å². The van der Waals surface area contributed by atoms with Crippen molar-refractivity contribution in [2.45, 2.75) is 64.2 Å². The van der Waals surface area contributed by atoms with E-state index >= 15 is 0 Å². The van der Waals surface area contributed by atoms with Gasteiger partial charge in [-0.1, -0.05) is 44.2 Å². The minimum atomic E-state index is -0.0808. The zero-order valence-electron chi connectivity index (χ0n) is 16.0. The Kier molecular flexibility index (Phi) is 12.4. The van der Waals surface area contributed by atoms with E-state index in [1.165, 1.54) is 0 Å². The Hall–Kier alpha value is -1.72. The fraction of sp³-hybridized carbons (Fsp3) is 0.619. The molecule has 5 nitrogen and oxygen atoms in total. The molecule has 5 N–H and O–H groups in total. The molecule has 0 saturated carbocycles. The number of Topliss-reactive ketones (excluding diaryl/α,β-unsaturated/α-hetero) is 1. The molecule has 146 valence electrons. The van der Waals surface area contributed by atoms with Gasteiger partial charge in [-0.3, -0.25) is 9.59 Å². The monoisotopic (exact) mass is 361 g/mol. The highest BCUT2D eigenvalue weighted by Gasteiger charge is 2.08. The maximum atomic E-state index is 12.2. The second kappa shape index (κ2) is 14.4. The first-order valence-corrected chi connectivity index (χ1v) is 10.0. The fourth-order valence-corrected chi connectivity index (χ4v) is 2.84. The summed E-state index contributed by atoms with van der Waals surface area (Å²) in [5.41, 5.74) is 12.2. The summed E-state index contributed by atoms with van der Waals surface area (Å²) < 4.78 is 0. The summed E-state index contributed by atoms with van der Waals surface area (Å²) in [5, 5.41) is 2.92. The molecule has 26 heavy (non-hydrogen) atoms. The van der Waals surface area contributed by atoms with Gasteiger partial charge in [-0.2, -0.15) is 0 Å². The molecule has 0 fully saturated rings. The summed E-state index contributed by atoms with van der Waals surface area (Å²) >= 11 is 0. The summed E-state index contributed by atoms with van der Waals surface area (Å²) in [4.78, 5) is 24.3. The Morgan fingerprint density at radius 1 is 0.692 bits per heavy atom. The van der Waals surface area contributed by atoms with Gasteiger partial charge in [0.05, 0.1) is 0 Å². The van der Waals surface area contributed by atoms with E-state index in [0.29, 0.717) is 24.1 Å². The van der Waals surface area contributed by atoms with Gasteiger partial charge in [0.25, 0.3) is 5.91 Å². The van der Waals surface area contributed by atoms with Crippen LogP contribution in [0, 0.1) is 0 Å². The van der Waals surface area contributed by atoms with Crippen LogP contribution in [0.2, 0.25) is 0 Å². The fourth-order valence-electron chi connectivity index (χ4n) is 2.84. The first kappa shape index (κ1) is 22.3. The summed E-state index contributed by atoms with van der Waals surface area (Å²) in [6.07, 6.45) is 10.1. The second-order valence-corrected chi connectivity index (χ2v) is 6.77. The lowest BCUT2D eigenvalue weighted by Crippen LogP contribution is -2.24. The zero-order valence-corrected chi connectivity index (χ0v) is 16.0. The van der Waals surface area contributed by atoms with Crippen molar-refractivity contribution in [2.75, 3.05) is 19.6 Å². The Balaban J connectivity index is 2.26. The van der Waals surface area contributed by atoms with E-state index in [9.17, 15) is 9.59 Å². The maximum absolute atomic E-state index is 12.2. The standard InChI is InChI=1S/C21H35N3O2/c22-15-7-3-1-2-6-10-20(25)18-11-13-19(14-12-18)21(26)24-17-9-5-4-8-16-23/h11-14H,1-10,15-17,22-23H2,(H,24,26). The van der Waals surface area contributed by atoms with Gasteiger partial charge < -0.3 is 16.8 Å². The predicted octanol–water partition coefficient (Wildman–Crippen LogP) is 3.42. The molecule has 0 aromatic heterocycles. The highest BCUT2D eigenvalue weighted by molar-refractivity contribution is 5.98. The average Bonchev–Trinajstić information content (AvgIpc) is 2.67. The van der Waals surface area contributed by atoms with Crippen LogP contribution in [0.15, 0.2) is 24.3 Å². The van der Waals surface area contributed by atoms with Crippen molar-refractivity contribution in [1.82, 2.24) is 5.32 Å². The molecule has 0 spiro atoms. The van der Waals surface area contributed by atoms with Gasteiger partial charge >= 0.3 is 0 Å². The predicted molar refractivity (Wildman–Crippen MR) is 107 cm³/mol. The first-order valence-electron chi connectivity index (χ1n) is 10.0. The summed E-state index contributed by atoms with van der Waals surface area (Å²) in [7, 11) is 0. The van der Waals surface area contributed by atoms with E-state index in [1.807, 2.05) is 0 Å². The van der Waals surface area contributed by atoms with E-state index in [4.69, 9.17) is 11.5 Å². The highest BCUT2D eigenvalue weighted by atomic mass is 16.1. The molecule has 0 heterocycles. The molecule has 1 amide bonds. The number of rotatable bonds is 15. The van der Waals surface area contributed by atoms with Crippen LogP contribution in [0.3, 0.4) is 0 Å². The molecule has 1 aromatic rings. The van der Waals surface area contributed by atoms with E-state index in [1.54, 1.807) is 24.3 Å². The number of hydrogen-bond donors (Lipinski definition) is 3. The minimum absolute atomic E-state index is 0.0808. The Labute approximate surface area is 157 Å². The Morgan fingerprint density at radius 2 is 1.19 bits per heavy atom. The van der Waals surface area contributed by atoms with Gasteiger partial charge in [0, 0.05) is 24.1 Å². The summed E-state index contributed by atoms with van der Waals surface area (Å²) in [5.74, 6) is 0.0680. The number of carbonyl (C=O) groups is 2. The maximum Gasteiger partial charge on any atom is 0.251 e. The van der Waals surface area contributed by atoms with Crippen LogP contribution < -0.4 is 16.8 Å². The van der Waals surface area contributed by atoms with Gasteiger partial charge in [-0.15, -0.1) is 0 Å². The molecule has 0 bridgehead atoms. The lowest BCUT2D eigenvalue weighted by Gasteiger charge is -2.06. The normalized spacial score (nSPS) is 10.7. The largest absolute Gasteiger partial charge is 0.352 e. The van der Waals surface area contributed by atoms with Crippen molar-refractivity contribution in [3.8, 4) is 0 Å². The lowest BCUT2D eigenvalue weighted by atomic mass is 10.0. The molecule has 5 heteroatoms. The number of carbonyl (C=O) groups excluding carboxylic acids is 2. The van der Waals surface area contributed by atoms with E-state index < -0.39 is 0 Å². The topological polar surface area (TPSA) is 98.2 Å². The minimum Gasteiger partial charge on any atom is -0.352 e. The van der Waals surface area contributed by atoms with Crippen LogP contribution in [0.1, 0.15) is 84.9 Å². The second-order valence-electron chi connectivity index (χ2n) is 6.77. The lowest BCUT2D eigenvalue weighted by molar-refractivity contribution is 0.0948. The number of unbranched alkanes of at least 4 members (excludes halogenated alkanes) is 7. The molecule has 0 unspecified atom stereocenters. The van der Waals surface area contributed by atoms with Crippen molar-refractivity contribution in [3.05, 3.63) is 35.4 Å². The highest BCUT2D eigenvalue weighted by Crippen LogP contribution is 2.11. The first-order chi connectivity index (χ1) is 12.7. The van der Waals surface area contributed by atoms with Gasteiger partial charge in [0.15, 0.2) is 5.78 Å². The third-order valence-corrected chi connectivity index (χ3v) is 4.49. The molecule has 0 radical (unpaired) electrons. The van der Waals surface area contributed by atoms with Crippen LogP contribution >= 0.6 is 0 Å². The third-order valence-electron chi connectivity index (χ3n) is 4.49. The number of amides is 1. The van der Waals surface area contributed by atoms with Crippen LogP contribution in [0.5, 0.6) is 0 Å². The molecular weight excluding hydrogens is 326 g/mol. The van der Waals surface area contributed by atoms with E-state index in [0.717, 1.165) is 70.9 Å². The van der Waals surface area contributed by atoms with Crippen LogP contribution in [0.4, 0.5) is 0 Å².